The van der Waals surface area contributed by atoms with Crippen molar-refractivity contribution in [3.63, 3.8) is 0 Å². The first-order valence-corrected chi connectivity index (χ1v) is 11.0. The molecule has 1 saturated heterocycles. The molecule has 3 heterocycles. The number of hydrogen-bond acceptors (Lipinski definition) is 7. The Hall–Kier alpha value is -2.47. The van der Waals surface area contributed by atoms with Crippen LogP contribution in [0.25, 0.3) is 5.57 Å². The summed E-state index contributed by atoms with van der Waals surface area (Å²) in [5.74, 6) is -0.649. The fourth-order valence-corrected chi connectivity index (χ4v) is 5.67. The van der Waals surface area contributed by atoms with Crippen molar-refractivity contribution >= 4 is 27.8 Å². The Kier molecular flexibility index (Phi) is 6.46. The average molecular weight is 444 g/mol. The molecule has 0 amide bonds. The van der Waals surface area contributed by atoms with E-state index in [1.54, 1.807) is 31.6 Å². The van der Waals surface area contributed by atoms with E-state index in [1.807, 2.05) is 0 Å². The monoisotopic (exact) mass is 444 g/mol. The number of nitrogens with zero attached hydrogens (tertiary/aromatic N) is 3. The van der Waals surface area contributed by atoms with Gasteiger partial charge < -0.3 is 16.0 Å². The minimum Gasteiger partial charge on any atom is -0.392 e. The lowest BCUT2D eigenvalue weighted by molar-refractivity contribution is -0.130. The second-order valence-electron chi connectivity index (χ2n) is 7.13. The molecule has 8 nitrogen and oxygen atoms in total. The zero-order valence-corrected chi connectivity index (χ0v) is 17.1. The van der Waals surface area contributed by atoms with Crippen LogP contribution in [0.15, 0.2) is 30.2 Å². The summed E-state index contributed by atoms with van der Waals surface area (Å²) in [6.45, 7) is 0. The number of rotatable bonds is 8. The maximum absolute atomic E-state index is 12.5. The summed E-state index contributed by atoms with van der Waals surface area (Å²) in [7, 11) is -2.31. The number of sulfonamides is 1. The van der Waals surface area contributed by atoms with E-state index in [-0.39, 0.29) is 12.0 Å². The Morgan fingerprint density at radius 1 is 1.40 bits per heavy atom. The SMILES string of the molecule is CN/C=C(\C=N)Nc1nccc(C2=CC3CCC(C2)N3S(=O)(=O)CCC(F)(F)F)n1. The van der Waals surface area contributed by atoms with Gasteiger partial charge in [-0.2, -0.15) is 17.5 Å². The number of nitrogens with one attached hydrogen (secondary N) is 3. The van der Waals surface area contributed by atoms with E-state index in [1.165, 1.54) is 4.31 Å². The molecule has 0 saturated carbocycles. The molecule has 2 bridgehead atoms. The minimum absolute atomic E-state index is 0.283. The fourth-order valence-electron chi connectivity index (χ4n) is 3.76. The molecule has 1 aromatic rings. The van der Waals surface area contributed by atoms with Crippen LogP contribution in [-0.4, -0.2) is 60.0 Å². The average Bonchev–Trinajstić information content (AvgIpc) is 2.97. The number of allylic oxidation sites excluding steroid dienone is 1. The number of anilines is 1. The molecule has 1 fully saturated rings. The van der Waals surface area contributed by atoms with Crippen molar-refractivity contribution in [1.29, 1.82) is 5.41 Å². The minimum atomic E-state index is -4.51. The second-order valence-corrected chi connectivity index (χ2v) is 9.12. The smallest absolute Gasteiger partial charge is 0.390 e. The number of aromatic nitrogens is 2. The van der Waals surface area contributed by atoms with Crippen LogP contribution in [-0.2, 0) is 10.0 Å². The molecular weight excluding hydrogens is 421 g/mol. The molecule has 2 aliphatic heterocycles. The van der Waals surface area contributed by atoms with Crippen LogP contribution in [0, 0.1) is 5.41 Å². The third-order valence-electron chi connectivity index (χ3n) is 4.99. The van der Waals surface area contributed by atoms with Gasteiger partial charge in [-0.3, -0.25) is 0 Å². The Morgan fingerprint density at radius 2 is 2.17 bits per heavy atom. The summed E-state index contributed by atoms with van der Waals surface area (Å²) in [5.41, 5.74) is 1.91. The molecule has 2 aliphatic rings. The number of alkyl halides is 3. The van der Waals surface area contributed by atoms with Crippen molar-refractivity contribution < 1.29 is 21.6 Å². The summed E-state index contributed by atoms with van der Waals surface area (Å²) in [4.78, 5) is 8.56. The van der Waals surface area contributed by atoms with Gasteiger partial charge in [0.1, 0.15) is 0 Å². The number of fused-ring (bicyclic) bond motifs is 2. The van der Waals surface area contributed by atoms with E-state index < -0.39 is 34.4 Å². The molecule has 0 radical (unpaired) electrons. The fraction of sp³-hybridized carbons (Fsp3) is 0.500. The normalized spacial score (nSPS) is 22.5. The highest BCUT2D eigenvalue weighted by atomic mass is 32.2. The first-order chi connectivity index (χ1) is 14.1. The van der Waals surface area contributed by atoms with Gasteiger partial charge in [-0.25, -0.2) is 18.4 Å². The first-order valence-electron chi connectivity index (χ1n) is 9.40. The predicted molar refractivity (Wildman–Crippen MR) is 107 cm³/mol. The highest BCUT2D eigenvalue weighted by Crippen LogP contribution is 2.40. The third-order valence-corrected chi connectivity index (χ3v) is 6.92. The Balaban J connectivity index is 1.79. The van der Waals surface area contributed by atoms with E-state index in [2.05, 4.69) is 20.6 Å². The van der Waals surface area contributed by atoms with Crippen LogP contribution < -0.4 is 10.6 Å². The van der Waals surface area contributed by atoms with Crippen LogP contribution in [0.5, 0.6) is 0 Å². The van der Waals surface area contributed by atoms with Gasteiger partial charge in [0, 0.05) is 37.7 Å². The van der Waals surface area contributed by atoms with E-state index >= 15 is 0 Å². The topological polar surface area (TPSA) is 111 Å². The molecular formula is C18H23F3N6O2S. The first kappa shape index (κ1) is 22.2. The molecule has 0 aromatic carbocycles. The second kappa shape index (κ2) is 8.72. The van der Waals surface area contributed by atoms with Gasteiger partial charge >= 0.3 is 6.18 Å². The molecule has 3 rings (SSSR count). The molecule has 2 unspecified atom stereocenters. The van der Waals surface area contributed by atoms with Crippen molar-refractivity contribution in [2.24, 2.45) is 0 Å². The van der Waals surface area contributed by atoms with E-state index in [0.717, 1.165) is 11.8 Å². The third kappa shape index (κ3) is 5.17. The summed E-state index contributed by atoms with van der Waals surface area (Å²) in [6, 6.07) is 0.862. The van der Waals surface area contributed by atoms with Gasteiger partial charge in [0.15, 0.2) is 0 Å². The lowest BCUT2D eigenvalue weighted by atomic mass is 10.0. The van der Waals surface area contributed by atoms with Crippen molar-refractivity contribution in [2.75, 3.05) is 18.1 Å². The Bertz CT molecular complexity index is 961. The lowest BCUT2D eigenvalue weighted by Gasteiger charge is -2.33. The van der Waals surface area contributed by atoms with E-state index in [9.17, 15) is 21.6 Å². The molecule has 30 heavy (non-hydrogen) atoms. The lowest BCUT2D eigenvalue weighted by Crippen LogP contribution is -2.44. The summed E-state index contributed by atoms with van der Waals surface area (Å²) in [5, 5.41) is 13.1. The molecule has 3 N–H and O–H groups in total. The van der Waals surface area contributed by atoms with Crippen molar-refractivity contribution in [2.45, 2.75) is 43.9 Å². The highest BCUT2D eigenvalue weighted by Gasteiger charge is 2.44. The summed E-state index contributed by atoms with van der Waals surface area (Å²) < 4.78 is 63.8. The quantitative estimate of drug-likeness (QED) is 0.532. The van der Waals surface area contributed by atoms with Gasteiger partial charge in [0.2, 0.25) is 16.0 Å². The van der Waals surface area contributed by atoms with Crippen LogP contribution in [0.2, 0.25) is 0 Å². The van der Waals surface area contributed by atoms with Crippen molar-refractivity contribution in [3.8, 4) is 0 Å². The van der Waals surface area contributed by atoms with E-state index in [0.29, 0.717) is 30.7 Å². The zero-order chi connectivity index (χ0) is 21.9. The van der Waals surface area contributed by atoms with Gasteiger partial charge in [-0.1, -0.05) is 6.08 Å². The largest absolute Gasteiger partial charge is 0.392 e. The maximum atomic E-state index is 12.5. The number of halogens is 3. The summed E-state index contributed by atoms with van der Waals surface area (Å²) in [6.07, 6.45) is 1.70. The Labute approximate surface area is 172 Å². The zero-order valence-electron chi connectivity index (χ0n) is 16.3. The van der Waals surface area contributed by atoms with Crippen LogP contribution in [0.1, 0.15) is 31.4 Å². The molecule has 2 atom stereocenters. The van der Waals surface area contributed by atoms with Crippen LogP contribution in [0.3, 0.4) is 0 Å². The predicted octanol–water partition coefficient (Wildman–Crippen LogP) is 2.50. The maximum Gasteiger partial charge on any atom is 0.390 e. The highest BCUT2D eigenvalue weighted by molar-refractivity contribution is 7.89. The number of hydrogen-bond donors (Lipinski definition) is 3. The standard InChI is InChI=1S/C18H23F3N6O2S/c1-23-11-13(10-22)25-17-24-6-4-16(26-17)12-8-14-2-3-15(9-12)27(14)30(28,29)7-5-18(19,20)21/h4,6,8,10-11,14-15,22-23H,2-3,5,7,9H2,1H3,(H,24,25,26)/b13-11+,22-10?. The van der Waals surface area contributed by atoms with Gasteiger partial charge in [-0.05, 0) is 30.9 Å². The molecule has 0 spiro atoms. The van der Waals surface area contributed by atoms with Crippen LogP contribution >= 0.6 is 0 Å². The van der Waals surface area contributed by atoms with Gasteiger partial charge in [0.25, 0.3) is 0 Å². The van der Waals surface area contributed by atoms with Gasteiger partial charge in [0.05, 0.1) is 23.6 Å². The molecule has 1 aromatic heterocycles. The van der Waals surface area contributed by atoms with Gasteiger partial charge in [-0.15, -0.1) is 0 Å². The molecule has 0 aliphatic carbocycles. The summed E-state index contributed by atoms with van der Waals surface area (Å²) >= 11 is 0. The molecule has 12 heteroatoms. The van der Waals surface area contributed by atoms with Crippen molar-refractivity contribution in [3.05, 3.63) is 35.9 Å². The Morgan fingerprint density at radius 3 is 2.80 bits per heavy atom. The van der Waals surface area contributed by atoms with Crippen molar-refractivity contribution in [1.82, 2.24) is 19.6 Å². The molecule has 164 valence electrons. The van der Waals surface area contributed by atoms with E-state index in [4.69, 9.17) is 5.41 Å². The van der Waals surface area contributed by atoms with Crippen LogP contribution in [0.4, 0.5) is 19.1 Å².